The third-order valence-electron chi connectivity index (χ3n) is 2.51. The van der Waals surface area contributed by atoms with Gasteiger partial charge in [0.25, 0.3) is 0 Å². The van der Waals surface area contributed by atoms with Gasteiger partial charge in [-0.25, -0.2) is 0 Å². The number of halogens is 3. The highest BCUT2D eigenvalue weighted by molar-refractivity contribution is 8.00. The smallest absolute Gasteiger partial charge is 0.342 e. The van der Waals surface area contributed by atoms with Crippen molar-refractivity contribution in [2.45, 2.75) is 31.3 Å². The second-order valence-corrected chi connectivity index (χ2v) is 5.67. The predicted molar refractivity (Wildman–Crippen MR) is 61.9 cm³/mol. The first-order valence-electron chi connectivity index (χ1n) is 5.43. The summed E-state index contributed by atoms with van der Waals surface area (Å²) >= 11 is -0.162. The number of alkyl halides is 3. The molecule has 4 nitrogen and oxygen atoms in total. The van der Waals surface area contributed by atoms with Gasteiger partial charge in [-0.05, 0) is 25.6 Å². The van der Waals surface area contributed by atoms with Crippen molar-refractivity contribution in [3.05, 3.63) is 0 Å². The molecule has 1 rings (SSSR count). The minimum absolute atomic E-state index is 0.0125. The van der Waals surface area contributed by atoms with Crippen molar-refractivity contribution in [2.75, 3.05) is 18.8 Å². The molecule has 1 fully saturated rings. The van der Waals surface area contributed by atoms with Crippen LogP contribution in [0, 0.1) is 0 Å². The molecule has 0 aromatic heterocycles. The number of hydrogen-bond acceptors (Lipinski definition) is 3. The zero-order valence-electron chi connectivity index (χ0n) is 10.1. The van der Waals surface area contributed by atoms with Crippen LogP contribution in [-0.2, 0) is 9.59 Å². The van der Waals surface area contributed by atoms with Crippen LogP contribution in [0.15, 0.2) is 0 Å². The normalized spacial score (nSPS) is 20.6. The molecule has 8 heteroatoms. The molecular weight excluding hydrogens is 269 g/mol. The third kappa shape index (κ3) is 4.40. The Hall–Kier alpha value is -0.920. The van der Waals surface area contributed by atoms with Crippen LogP contribution in [-0.4, -0.2) is 46.6 Å². The van der Waals surface area contributed by atoms with E-state index in [4.69, 9.17) is 0 Å². The lowest BCUT2D eigenvalue weighted by Crippen LogP contribution is -2.53. The van der Waals surface area contributed by atoms with Crippen LogP contribution in [0.3, 0.4) is 0 Å². The van der Waals surface area contributed by atoms with Gasteiger partial charge in [0.1, 0.15) is 5.54 Å². The summed E-state index contributed by atoms with van der Waals surface area (Å²) < 4.78 is 36.0. The number of amides is 2. The molecule has 104 valence electrons. The topological polar surface area (TPSA) is 49.4 Å². The largest absolute Gasteiger partial charge is 0.441 e. The van der Waals surface area contributed by atoms with E-state index in [2.05, 4.69) is 5.32 Å². The van der Waals surface area contributed by atoms with Crippen LogP contribution < -0.4 is 5.32 Å². The van der Waals surface area contributed by atoms with Crippen molar-refractivity contribution in [3.63, 3.8) is 0 Å². The molecule has 1 aliphatic heterocycles. The molecule has 0 aromatic carbocycles. The quantitative estimate of drug-likeness (QED) is 0.851. The fourth-order valence-electron chi connectivity index (χ4n) is 1.68. The maximum atomic E-state index is 12.0. The fraction of sp³-hybridized carbons (Fsp3) is 0.800. The summed E-state index contributed by atoms with van der Waals surface area (Å²) in [6.45, 7) is 3.23. The van der Waals surface area contributed by atoms with Gasteiger partial charge in [0, 0.05) is 25.3 Å². The lowest BCUT2D eigenvalue weighted by Gasteiger charge is -2.28. The average Bonchev–Trinajstić information content (AvgIpc) is 2.27. The van der Waals surface area contributed by atoms with Crippen LogP contribution >= 0.6 is 11.8 Å². The zero-order valence-corrected chi connectivity index (χ0v) is 11.0. The highest BCUT2D eigenvalue weighted by Gasteiger charge is 2.37. The van der Waals surface area contributed by atoms with Crippen LogP contribution in [0.2, 0.25) is 0 Å². The summed E-state index contributed by atoms with van der Waals surface area (Å²) in [5.41, 5.74) is -5.35. The van der Waals surface area contributed by atoms with E-state index in [0.717, 1.165) is 0 Å². The molecule has 0 aliphatic carbocycles. The van der Waals surface area contributed by atoms with E-state index in [1.165, 1.54) is 4.90 Å². The van der Waals surface area contributed by atoms with Crippen molar-refractivity contribution in [1.29, 1.82) is 0 Å². The van der Waals surface area contributed by atoms with E-state index < -0.39 is 11.0 Å². The number of carbonyl (C=O) groups excluding carboxylic acids is 2. The van der Waals surface area contributed by atoms with E-state index in [0.29, 0.717) is 0 Å². The summed E-state index contributed by atoms with van der Waals surface area (Å²) in [6.07, 6.45) is 0.117. The molecule has 1 N–H and O–H groups in total. The third-order valence-corrected chi connectivity index (χ3v) is 3.22. The molecule has 0 aromatic rings. The molecule has 0 unspecified atom stereocenters. The van der Waals surface area contributed by atoms with Gasteiger partial charge in [0.2, 0.25) is 11.8 Å². The number of nitrogens with zero attached hydrogens (tertiary/aromatic N) is 1. The number of rotatable bonds is 3. The Labute approximate surface area is 107 Å². The van der Waals surface area contributed by atoms with Crippen molar-refractivity contribution >= 4 is 23.6 Å². The standard InChI is InChI=1S/C10H15F3N2O2S/c1-9(2)8(17)15(4-3-7(16)14-9)5-6-18-10(11,12)13/h3-6H2,1-2H3,(H,14,16). The average molecular weight is 284 g/mol. The molecule has 18 heavy (non-hydrogen) atoms. The van der Waals surface area contributed by atoms with Crippen LogP contribution in [0.1, 0.15) is 20.3 Å². The maximum Gasteiger partial charge on any atom is 0.441 e. The van der Waals surface area contributed by atoms with Crippen molar-refractivity contribution < 1.29 is 22.8 Å². The van der Waals surface area contributed by atoms with Gasteiger partial charge in [-0.2, -0.15) is 13.2 Å². The lowest BCUT2D eigenvalue weighted by molar-refractivity contribution is -0.137. The summed E-state index contributed by atoms with van der Waals surface area (Å²) in [5, 5.41) is 2.55. The molecule has 0 bridgehead atoms. The minimum Gasteiger partial charge on any atom is -0.342 e. The van der Waals surface area contributed by atoms with Gasteiger partial charge < -0.3 is 10.2 Å². The van der Waals surface area contributed by atoms with Gasteiger partial charge in [0.05, 0.1) is 0 Å². The Morgan fingerprint density at radius 1 is 1.39 bits per heavy atom. The van der Waals surface area contributed by atoms with Gasteiger partial charge >= 0.3 is 5.51 Å². The molecule has 0 spiro atoms. The highest BCUT2D eigenvalue weighted by Crippen LogP contribution is 2.30. The molecule has 0 saturated carbocycles. The van der Waals surface area contributed by atoms with Crippen molar-refractivity contribution in [1.82, 2.24) is 10.2 Å². The Kier molecular flexibility index (Phi) is 4.52. The number of thioether (sulfide) groups is 1. The number of carbonyl (C=O) groups is 2. The maximum absolute atomic E-state index is 12.0. The zero-order chi connectivity index (χ0) is 14.0. The molecular formula is C10H15F3N2O2S. The predicted octanol–water partition coefficient (Wildman–Crippen LogP) is 1.37. The van der Waals surface area contributed by atoms with Crippen molar-refractivity contribution in [3.8, 4) is 0 Å². The molecule has 1 saturated heterocycles. The second kappa shape index (κ2) is 5.38. The monoisotopic (exact) mass is 284 g/mol. The fourth-order valence-corrected chi connectivity index (χ4v) is 2.23. The molecule has 0 atom stereocenters. The van der Waals surface area contributed by atoms with Crippen molar-refractivity contribution in [2.24, 2.45) is 0 Å². The first-order chi connectivity index (χ1) is 8.12. The SMILES string of the molecule is CC1(C)NC(=O)CCN(CCSC(F)(F)F)C1=O. The van der Waals surface area contributed by atoms with Crippen LogP contribution in [0.25, 0.3) is 0 Å². The Morgan fingerprint density at radius 2 is 2.00 bits per heavy atom. The molecule has 1 aliphatic rings. The van der Waals surface area contributed by atoms with E-state index in [-0.39, 0.29) is 48.8 Å². The lowest BCUT2D eigenvalue weighted by atomic mass is 10.0. The number of nitrogens with one attached hydrogen (secondary N) is 1. The van der Waals surface area contributed by atoms with E-state index in [9.17, 15) is 22.8 Å². The van der Waals surface area contributed by atoms with E-state index in [1.54, 1.807) is 13.8 Å². The first-order valence-corrected chi connectivity index (χ1v) is 6.41. The van der Waals surface area contributed by atoms with Crippen LogP contribution in [0.4, 0.5) is 13.2 Å². The van der Waals surface area contributed by atoms with E-state index in [1.807, 2.05) is 0 Å². The van der Waals surface area contributed by atoms with Gasteiger partial charge in [-0.3, -0.25) is 9.59 Å². The summed E-state index contributed by atoms with van der Waals surface area (Å²) in [4.78, 5) is 24.6. The number of hydrogen-bond donors (Lipinski definition) is 1. The summed E-state index contributed by atoms with van der Waals surface area (Å²) in [6, 6.07) is 0. The molecule has 0 radical (unpaired) electrons. The molecule has 1 heterocycles. The van der Waals surface area contributed by atoms with Crippen LogP contribution in [0.5, 0.6) is 0 Å². The Morgan fingerprint density at radius 3 is 2.56 bits per heavy atom. The van der Waals surface area contributed by atoms with Gasteiger partial charge in [-0.15, -0.1) is 0 Å². The second-order valence-electron chi connectivity index (χ2n) is 4.51. The highest BCUT2D eigenvalue weighted by atomic mass is 32.2. The minimum atomic E-state index is -4.29. The van der Waals surface area contributed by atoms with E-state index >= 15 is 0 Å². The summed E-state index contributed by atoms with van der Waals surface area (Å²) in [7, 11) is 0. The Bertz CT molecular complexity index is 345. The summed E-state index contributed by atoms with van der Waals surface area (Å²) in [5.74, 6) is -0.838. The first kappa shape index (κ1) is 15.1. The Balaban J connectivity index is 2.59. The van der Waals surface area contributed by atoms with Gasteiger partial charge in [0.15, 0.2) is 0 Å². The molecule has 2 amide bonds. The van der Waals surface area contributed by atoms with Gasteiger partial charge in [-0.1, -0.05) is 0 Å².